The van der Waals surface area contributed by atoms with Crippen molar-refractivity contribution in [2.24, 2.45) is 14.1 Å². The molecule has 0 radical (unpaired) electrons. The van der Waals surface area contributed by atoms with E-state index in [-0.39, 0.29) is 11.5 Å². The van der Waals surface area contributed by atoms with Crippen LogP contribution in [-0.2, 0) is 27.1 Å². The summed E-state index contributed by atoms with van der Waals surface area (Å²) in [5.74, 6) is 2.60. The van der Waals surface area contributed by atoms with Gasteiger partial charge in [0.1, 0.15) is 23.5 Å². The second kappa shape index (κ2) is 6.12. The van der Waals surface area contributed by atoms with Crippen molar-refractivity contribution in [1.82, 2.24) is 23.9 Å². The molecule has 1 unspecified atom stereocenters. The summed E-state index contributed by atoms with van der Waals surface area (Å²) in [5, 5.41) is 18.2. The van der Waals surface area contributed by atoms with Gasteiger partial charge in [0.15, 0.2) is 5.56 Å². The Balaban J connectivity index is 1.74. The first-order valence-corrected chi connectivity index (χ1v) is 8.90. The van der Waals surface area contributed by atoms with Crippen molar-refractivity contribution < 1.29 is 0 Å². The van der Waals surface area contributed by atoms with Gasteiger partial charge < -0.3 is 9.47 Å². The lowest BCUT2D eigenvalue weighted by Gasteiger charge is -2.35. The lowest BCUT2D eigenvalue weighted by atomic mass is 9.96. The number of fused-ring (bicyclic) bond motifs is 1. The molecule has 0 N–H and O–H groups in total. The molecule has 2 aliphatic heterocycles. The average molecular weight is 355 g/mol. The minimum atomic E-state index is -0.545. The summed E-state index contributed by atoms with van der Waals surface area (Å²) in [6, 6.07) is 1.99. The van der Waals surface area contributed by atoms with Crippen LogP contribution in [0.25, 0.3) is 0 Å². The van der Waals surface area contributed by atoms with Gasteiger partial charge in [0.2, 0.25) is 0 Å². The number of aromatic nitrogens is 5. The maximum atomic E-state index is 12.4. The van der Waals surface area contributed by atoms with Crippen LogP contribution in [-0.4, -0.2) is 37.0 Å². The smallest absolute Gasteiger partial charge is 0.332 e. The van der Waals surface area contributed by atoms with Gasteiger partial charge in [0.25, 0.3) is 5.56 Å². The molecule has 0 bridgehead atoms. The monoisotopic (exact) mass is 355 g/mol. The molecule has 2 aliphatic rings. The van der Waals surface area contributed by atoms with Gasteiger partial charge in [-0.05, 0) is 19.3 Å². The Morgan fingerprint density at radius 2 is 1.92 bits per heavy atom. The third kappa shape index (κ3) is 2.36. The second-order valence-electron chi connectivity index (χ2n) is 7.03. The van der Waals surface area contributed by atoms with Gasteiger partial charge in [0.05, 0.1) is 0 Å². The van der Waals surface area contributed by atoms with Crippen molar-refractivity contribution >= 4 is 5.82 Å². The zero-order valence-electron chi connectivity index (χ0n) is 15.0. The first-order valence-electron chi connectivity index (χ1n) is 8.90. The molecule has 4 heterocycles. The largest absolute Gasteiger partial charge is 0.356 e. The number of rotatable bonds is 2. The van der Waals surface area contributed by atoms with Gasteiger partial charge in [-0.2, -0.15) is 5.26 Å². The third-order valence-corrected chi connectivity index (χ3v) is 5.47. The second-order valence-corrected chi connectivity index (χ2v) is 7.03. The molecule has 0 saturated carbocycles. The van der Waals surface area contributed by atoms with E-state index in [1.54, 1.807) is 7.05 Å². The Morgan fingerprint density at radius 3 is 2.69 bits per heavy atom. The van der Waals surface area contributed by atoms with Crippen LogP contribution >= 0.6 is 0 Å². The molecular formula is C17H21N7O2. The fraction of sp³-hybridized carbons (Fsp3) is 0.588. The number of hydrogen-bond acceptors (Lipinski definition) is 6. The first kappa shape index (κ1) is 16.6. The van der Waals surface area contributed by atoms with Crippen molar-refractivity contribution in [3.63, 3.8) is 0 Å². The molecule has 2 aromatic heterocycles. The first-order chi connectivity index (χ1) is 12.5. The highest BCUT2D eigenvalue weighted by atomic mass is 16.2. The number of nitrogens with zero attached hydrogens (tertiary/aromatic N) is 7. The fourth-order valence-corrected chi connectivity index (χ4v) is 4.16. The summed E-state index contributed by atoms with van der Waals surface area (Å²) in [5.41, 5.74) is -0.952. The Hall–Kier alpha value is -2.89. The standard InChI is InChI=1S/C17H21N7O2/c1-21-15(12(9-18)16(25)22(2)17(21)26)23-7-3-5-11(10-23)14-20-19-13-6-4-8-24(13)14/h11H,3-8,10H2,1-2H3. The van der Waals surface area contributed by atoms with Crippen LogP contribution in [0.5, 0.6) is 0 Å². The average Bonchev–Trinajstić information content (AvgIpc) is 3.26. The molecule has 4 rings (SSSR count). The summed E-state index contributed by atoms with van der Waals surface area (Å²) >= 11 is 0. The van der Waals surface area contributed by atoms with E-state index >= 15 is 0 Å². The quantitative estimate of drug-likeness (QED) is 0.744. The summed E-state index contributed by atoms with van der Waals surface area (Å²) in [6.07, 6.45) is 3.94. The Morgan fingerprint density at radius 1 is 1.12 bits per heavy atom. The van der Waals surface area contributed by atoms with Crippen LogP contribution in [0.2, 0.25) is 0 Å². The molecule has 0 aromatic carbocycles. The highest BCUT2D eigenvalue weighted by Crippen LogP contribution is 2.31. The van der Waals surface area contributed by atoms with Crippen molar-refractivity contribution in [3.8, 4) is 6.07 Å². The van der Waals surface area contributed by atoms with Crippen molar-refractivity contribution in [2.75, 3.05) is 18.0 Å². The van der Waals surface area contributed by atoms with Crippen LogP contribution in [0, 0.1) is 11.3 Å². The van der Waals surface area contributed by atoms with Gasteiger partial charge in [0, 0.05) is 46.1 Å². The topological polar surface area (TPSA) is 102 Å². The molecule has 1 atom stereocenters. The molecule has 1 saturated heterocycles. The van der Waals surface area contributed by atoms with Crippen molar-refractivity contribution in [1.29, 1.82) is 5.26 Å². The zero-order valence-corrected chi connectivity index (χ0v) is 15.0. The highest BCUT2D eigenvalue weighted by Gasteiger charge is 2.31. The van der Waals surface area contributed by atoms with E-state index in [0.29, 0.717) is 18.9 Å². The van der Waals surface area contributed by atoms with Crippen molar-refractivity contribution in [3.05, 3.63) is 38.1 Å². The molecule has 0 spiro atoms. The van der Waals surface area contributed by atoms with Gasteiger partial charge >= 0.3 is 5.69 Å². The Labute approximate surface area is 150 Å². The molecular weight excluding hydrogens is 334 g/mol. The van der Waals surface area contributed by atoms with Crippen LogP contribution < -0.4 is 16.1 Å². The molecule has 9 nitrogen and oxygen atoms in total. The van der Waals surface area contributed by atoms with Crippen LogP contribution in [0.15, 0.2) is 9.59 Å². The van der Waals surface area contributed by atoms with E-state index in [9.17, 15) is 14.9 Å². The SMILES string of the molecule is Cn1c(N2CCCC(c3nnc4n3CCC4)C2)c(C#N)c(=O)n(C)c1=O. The van der Waals surface area contributed by atoms with Gasteiger partial charge in [-0.1, -0.05) is 0 Å². The molecule has 2 aromatic rings. The maximum Gasteiger partial charge on any atom is 0.332 e. The van der Waals surface area contributed by atoms with E-state index < -0.39 is 11.2 Å². The summed E-state index contributed by atoms with van der Waals surface area (Å²) in [7, 11) is 3.00. The predicted octanol–water partition coefficient (Wildman–Crippen LogP) is -0.123. The van der Waals surface area contributed by atoms with E-state index in [1.165, 1.54) is 11.6 Å². The lowest BCUT2D eigenvalue weighted by molar-refractivity contribution is 0.464. The molecule has 26 heavy (non-hydrogen) atoms. The number of nitriles is 1. The number of hydrogen-bond donors (Lipinski definition) is 0. The fourth-order valence-electron chi connectivity index (χ4n) is 4.16. The zero-order chi connectivity index (χ0) is 18.4. The summed E-state index contributed by atoms with van der Waals surface area (Å²) in [4.78, 5) is 26.7. The number of anilines is 1. The minimum absolute atomic E-state index is 0.0155. The van der Waals surface area contributed by atoms with E-state index in [1.807, 2.05) is 11.0 Å². The third-order valence-electron chi connectivity index (χ3n) is 5.47. The van der Waals surface area contributed by atoms with Gasteiger partial charge in [-0.15, -0.1) is 10.2 Å². The summed E-state index contributed by atoms with van der Waals surface area (Å²) < 4.78 is 4.58. The molecule has 136 valence electrons. The lowest BCUT2D eigenvalue weighted by Crippen LogP contribution is -2.45. The Kier molecular flexibility index (Phi) is 3.90. The van der Waals surface area contributed by atoms with E-state index in [4.69, 9.17) is 0 Å². The van der Waals surface area contributed by atoms with Gasteiger partial charge in [-0.25, -0.2) is 4.79 Å². The van der Waals surface area contributed by atoms with Crippen LogP contribution in [0.3, 0.4) is 0 Å². The highest BCUT2D eigenvalue weighted by molar-refractivity contribution is 5.54. The number of piperidine rings is 1. The van der Waals surface area contributed by atoms with Gasteiger partial charge in [-0.3, -0.25) is 13.9 Å². The van der Waals surface area contributed by atoms with E-state index in [0.717, 1.165) is 48.4 Å². The minimum Gasteiger partial charge on any atom is -0.356 e. The normalized spacial score (nSPS) is 19.4. The van der Waals surface area contributed by atoms with Crippen LogP contribution in [0.1, 0.15) is 42.4 Å². The van der Waals surface area contributed by atoms with Crippen LogP contribution in [0.4, 0.5) is 5.82 Å². The molecule has 1 fully saturated rings. The van der Waals surface area contributed by atoms with Crippen molar-refractivity contribution in [2.45, 2.75) is 38.1 Å². The summed E-state index contributed by atoms with van der Waals surface area (Å²) in [6.45, 7) is 2.27. The number of aryl methyl sites for hydroxylation is 1. The van der Waals surface area contributed by atoms with E-state index in [2.05, 4.69) is 14.8 Å². The molecule has 9 heteroatoms. The maximum absolute atomic E-state index is 12.4. The molecule has 0 aliphatic carbocycles. The molecule has 0 amide bonds. The predicted molar refractivity (Wildman–Crippen MR) is 94.2 cm³/mol. The Bertz CT molecular complexity index is 1020.